The van der Waals surface area contributed by atoms with E-state index in [1.165, 1.54) is 0 Å². The van der Waals surface area contributed by atoms with Gasteiger partial charge in [-0.1, -0.05) is 19.1 Å². The van der Waals surface area contributed by atoms with Gasteiger partial charge in [0, 0.05) is 0 Å². The minimum Gasteiger partial charge on any atom is -0.733 e. The Morgan fingerprint density at radius 1 is 1.50 bits per heavy atom. The maximum absolute atomic E-state index is 10.6. The fourth-order valence-electron chi connectivity index (χ4n) is 1.15. The van der Waals surface area contributed by atoms with E-state index in [1.54, 1.807) is 6.07 Å². The normalized spacial score (nSPS) is 10.0. The fraction of sp³-hybridized carbons (Fsp3) is 0.333. The second-order valence-corrected chi connectivity index (χ2v) is 2.76. The third-order valence-corrected chi connectivity index (χ3v) is 1.83. The molecule has 1 aromatic rings. The van der Waals surface area contributed by atoms with Crippen LogP contribution in [0.25, 0.3) is 0 Å². The number of benzene rings is 1. The molecule has 66 valence electrons. The van der Waals surface area contributed by atoms with Crippen molar-refractivity contribution in [1.29, 1.82) is 0 Å². The first-order valence-corrected chi connectivity index (χ1v) is 3.90. The molecule has 1 aromatic carbocycles. The van der Waals surface area contributed by atoms with Crippen LogP contribution in [0.4, 0.5) is 5.69 Å². The van der Waals surface area contributed by atoms with Gasteiger partial charge in [-0.3, -0.25) is 5.21 Å². The molecular formula is C9H12NO2-. The average molecular weight is 166 g/mol. The maximum Gasteiger partial charge on any atom is 0.0543 e. The Balaban J connectivity index is 3.12. The van der Waals surface area contributed by atoms with Gasteiger partial charge in [-0.05, 0) is 30.5 Å². The van der Waals surface area contributed by atoms with E-state index >= 15 is 0 Å². The van der Waals surface area contributed by atoms with E-state index in [9.17, 15) is 5.21 Å². The van der Waals surface area contributed by atoms with Crippen molar-refractivity contribution < 1.29 is 5.21 Å². The van der Waals surface area contributed by atoms with E-state index in [0.717, 1.165) is 17.5 Å². The molecule has 0 fully saturated rings. The smallest absolute Gasteiger partial charge is 0.0543 e. The second kappa shape index (κ2) is 3.56. The van der Waals surface area contributed by atoms with E-state index < -0.39 is 0 Å². The number of nitrogens with zero attached hydrogens (tertiary/aromatic N) is 1. The number of aryl methyl sites for hydroxylation is 2. The first-order valence-electron chi connectivity index (χ1n) is 3.90. The Morgan fingerprint density at radius 3 is 2.67 bits per heavy atom. The van der Waals surface area contributed by atoms with Crippen LogP contribution in [0.5, 0.6) is 0 Å². The molecule has 1 rings (SSSR count). The third-order valence-electron chi connectivity index (χ3n) is 1.83. The molecule has 3 heteroatoms. The van der Waals surface area contributed by atoms with Crippen molar-refractivity contribution in [2.45, 2.75) is 20.3 Å². The Hall–Kier alpha value is -1.06. The van der Waals surface area contributed by atoms with Gasteiger partial charge in [0.15, 0.2) is 0 Å². The number of rotatable bonds is 2. The van der Waals surface area contributed by atoms with Gasteiger partial charge in [0.25, 0.3) is 0 Å². The fourth-order valence-corrected chi connectivity index (χ4v) is 1.15. The van der Waals surface area contributed by atoms with Crippen molar-refractivity contribution in [2.75, 3.05) is 5.23 Å². The lowest BCUT2D eigenvalue weighted by molar-refractivity contribution is 0.295. The van der Waals surface area contributed by atoms with E-state index in [0.29, 0.717) is 5.69 Å². The van der Waals surface area contributed by atoms with E-state index in [4.69, 9.17) is 5.21 Å². The zero-order valence-corrected chi connectivity index (χ0v) is 7.24. The molecule has 12 heavy (non-hydrogen) atoms. The Kier molecular flexibility index (Phi) is 2.68. The van der Waals surface area contributed by atoms with Crippen LogP contribution in [0, 0.1) is 12.1 Å². The van der Waals surface area contributed by atoms with Crippen LogP contribution in [-0.4, -0.2) is 5.21 Å². The highest BCUT2D eigenvalue weighted by Crippen LogP contribution is 2.20. The van der Waals surface area contributed by atoms with Gasteiger partial charge >= 0.3 is 0 Å². The molecule has 0 amide bonds. The first kappa shape index (κ1) is 9.03. The van der Waals surface area contributed by atoms with Crippen LogP contribution in [0.3, 0.4) is 0 Å². The number of anilines is 1. The van der Waals surface area contributed by atoms with Crippen molar-refractivity contribution in [3.63, 3.8) is 0 Å². The highest BCUT2D eigenvalue weighted by molar-refractivity contribution is 5.53. The molecule has 0 spiro atoms. The summed E-state index contributed by atoms with van der Waals surface area (Å²) in [4.78, 5) is 0. The van der Waals surface area contributed by atoms with Crippen LogP contribution in [0.15, 0.2) is 18.2 Å². The van der Waals surface area contributed by atoms with Gasteiger partial charge in [0.05, 0.1) is 5.69 Å². The topological polar surface area (TPSA) is 46.5 Å². The van der Waals surface area contributed by atoms with E-state index in [1.807, 2.05) is 26.0 Å². The van der Waals surface area contributed by atoms with Crippen molar-refractivity contribution in [1.82, 2.24) is 0 Å². The highest BCUT2D eigenvalue weighted by atomic mass is 16.8. The summed E-state index contributed by atoms with van der Waals surface area (Å²) in [5.41, 5.74) is 2.17. The Labute approximate surface area is 71.8 Å². The minimum absolute atomic E-state index is 0.0775. The maximum atomic E-state index is 10.6. The standard InChI is InChI=1S/C9H12NO2/c1-3-8-5-4-7(2)6-9(8)10(11)12/h4-6,11H,3H2,1-2H3/q-1. The summed E-state index contributed by atoms with van der Waals surface area (Å²) in [6, 6.07) is 5.45. The van der Waals surface area contributed by atoms with Crippen LogP contribution in [0.1, 0.15) is 18.1 Å². The molecule has 0 heterocycles. The molecule has 0 aromatic heterocycles. The number of hydrogen-bond acceptors (Lipinski definition) is 3. The van der Waals surface area contributed by atoms with Crippen molar-refractivity contribution in [2.24, 2.45) is 0 Å². The van der Waals surface area contributed by atoms with E-state index in [-0.39, 0.29) is 5.23 Å². The molecule has 0 bridgehead atoms. The first-order chi connectivity index (χ1) is 5.65. The summed E-state index contributed by atoms with van der Waals surface area (Å²) in [6.07, 6.45) is 0.745. The SMILES string of the molecule is CCc1ccc(C)cc1N([O-])O. The summed E-state index contributed by atoms with van der Waals surface area (Å²) < 4.78 is 0. The molecule has 0 aliphatic heterocycles. The predicted octanol–water partition coefficient (Wildman–Crippen LogP) is 2.25. The molecule has 0 unspecified atom stereocenters. The Bertz CT molecular complexity index is 271. The summed E-state index contributed by atoms with van der Waals surface area (Å²) in [5.74, 6) is 0. The van der Waals surface area contributed by atoms with Crippen LogP contribution < -0.4 is 5.23 Å². The molecule has 1 N–H and O–H groups in total. The average Bonchev–Trinajstić information content (AvgIpc) is 2.04. The lowest BCUT2D eigenvalue weighted by Gasteiger charge is -2.24. The molecule has 0 atom stereocenters. The van der Waals surface area contributed by atoms with Gasteiger partial charge in [0.2, 0.25) is 0 Å². The van der Waals surface area contributed by atoms with Crippen molar-refractivity contribution in [3.8, 4) is 0 Å². The molecule has 0 saturated carbocycles. The largest absolute Gasteiger partial charge is 0.733 e. The summed E-state index contributed by atoms with van der Waals surface area (Å²) in [5, 5.41) is 19.3. The molecular weight excluding hydrogens is 154 g/mol. The quantitative estimate of drug-likeness (QED) is 0.685. The second-order valence-electron chi connectivity index (χ2n) is 2.76. The molecule has 0 radical (unpaired) electrons. The minimum atomic E-state index is -0.0775. The van der Waals surface area contributed by atoms with Gasteiger partial charge in [-0.15, -0.1) is 0 Å². The highest BCUT2D eigenvalue weighted by Gasteiger charge is 2.00. The lowest BCUT2D eigenvalue weighted by atomic mass is 10.1. The van der Waals surface area contributed by atoms with Gasteiger partial charge in [-0.25, -0.2) is 0 Å². The Morgan fingerprint density at radius 2 is 2.17 bits per heavy atom. The molecule has 0 aliphatic carbocycles. The third kappa shape index (κ3) is 1.75. The number of hydrogen-bond donors (Lipinski definition) is 1. The zero-order valence-electron chi connectivity index (χ0n) is 7.24. The van der Waals surface area contributed by atoms with Gasteiger partial charge < -0.3 is 10.4 Å². The lowest BCUT2D eigenvalue weighted by Crippen LogP contribution is -2.09. The van der Waals surface area contributed by atoms with Crippen LogP contribution in [-0.2, 0) is 6.42 Å². The summed E-state index contributed by atoms with van der Waals surface area (Å²) in [6.45, 7) is 3.82. The predicted molar refractivity (Wildman–Crippen MR) is 48.2 cm³/mol. The molecule has 3 nitrogen and oxygen atoms in total. The van der Waals surface area contributed by atoms with Gasteiger partial charge in [0.1, 0.15) is 0 Å². The van der Waals surface area contributed by atoms with Crippen molar-refractivity contribution in [3.05, 3.63) is 34.5 Å². The monoisotopic (exact) mass is 166 g/mol. The summed E-state index contributed by atoms with van der Waals surface area (Å²) in [7, 11) is 0. The van der Waals surface area contributed by atoms with E-state index in [2.05, 4.69) is 0 Å². The van der Waals surface area contributed by atoms with Gasteiger partial charge in [-0.2, -0.15) is 0 Å². The molecule has 0 aliphatic rings. The summed E-state index contributed by atoms with van der Waals surface area (Å²) >= 11 is 0. The van der Waals surface area contributed by atoms with Crippen LogP contribution >= 0.6 is 0 Å². The molecule has 0 saturated heterocycles. The van der Waals surface area contributed by atoms with Crippen LogP contribution in [0.2, 0.25) is 0 Å². The zero-order chi connectivity index (χ0) is 9.14. The van der Waals surface area contributed by atoms with Crippen molar-refractivity contribution >= 4 is 5.69 Å².